The third-order valence-corrected chi connectivity index (χ3v) is 5.35. The molecule has 5 nitrogen and oxygen atoms in total. The van der Waals surface area contributed by atoms with Gasteiger partial charge in [0.1, 0.15) is 17.3 Å². The average Bonchev–Trinajstić information content (AvgIpc) is 3.17. The highest BCUT2D eigenvalue weighted by atomic mass is 19.1. The zero-order valence-corrected chi connectivity index (χ0v) is 17.9. The summed E-state index contributed by atoms with van der Waals surface area (Å²) in [4.78, 5) is 19.8. The molecule has 0 saturated carbocycles. The molecule has 1 heterocycles. The van der Waals surface area contributed by atoms with E-state index in [0.29, 0.717) is 22.3 Å². The van der Waals surface area contributed by atoms with Crippen LogP contribution in [0.4, 0.5) is 20.2 Å². The number of nitrogens with one attached hydrogen (secondary N) is 2. The monoisotopic (exact) mass is 414 g/mol. The van der Waals surface area contributed by atoms with E-state index in [-0.39, 0.29) is 5.69 Å². The lowest BCUT2D eigenvalue weighted by Gasteiger charge is -2.22. The lowest BCUT2D eigenvalue weighted by molar-refractivity contribution is 0.102. The highest BCUT2D eigenvalue weighted by Gasteiger charge is 2.15. The number of halogens is 2. The van der Waals surface area contributed by atoms with Crippen LogP contribution in [0.2, 0.25) is 0 Å². The molecule has 1 amide bonds. The maximum absolute atomic E-state index is 14.2. The largest absolute Gasteiger partial charge is 0.374 e. The number of carbonyl (C=O) groups is 1. The first kappa shape index (κ1) is 21.8. The van der Waals surface area contributed by atoms with Crippen molar-refractivity contribution in [2.24, 2.45) is 0 Å². The second-order valence-electron chi connectivity index (χ2n) is 7.66. The second kappa shape index (κ2) is 9.26. The minimum Gasteiger partial charge on any atom is -0.374 e. The predicted molar refractivity (Wildman–Crippen MR) is 118 cm³/mol. The summed E-state index contributed by atoms with van der Waals surface area (Å²) in [5, 5.41) is 3.07. The number of H-pyrrole nitrogens is 1. The molecule has 2 N–H and O–H groups in total. The number of benzene rings is 2. The van der Waals surface area contributed by atoms with Gasteiger partial charge < -0.3 is 20.1 Å². The van der Waals surface area contributed by atoms with Crippen LogP contribution in [-0.2, 0) is 0 Å². The number of anilines is 2. The average molecular weight is 415 g/mol. The smallest absolute Gasteiger partial charge is 0.272 e. The van der Waals surface area contributed by atoms with Crippen LogP contribution >= 0.6 is 0 Å². The highest BCUT2D eigenvalue weighted by molar-refractivity contribution is 6.06. The van der Waals surface area contributed by atoms with Gasteiger partial charge in [0.05, 0.1) is 5.52 Å². The van der Waals surface area contributed by atoms with Crippen LogP contribution < -0.4 is 10.2 Å². The van der Waals surface area contributed by atoms with Gasteiger partial charge in [-0.1, -0.05) is 13.0 Å². The Morgan fingerprint density at radius 2 is 1.87 bits per heavy atom. The Hall–Kier alpha value is -2.93. The molecule has 7 heteroatoms. The summed E-state index contributed by atoms with van der Waals surface area (Å²) in [5.74, 6) is -1.28. The van der Waals surface area contributed by atoms with Crippen LogP contribution in [0.5, 0.6) is 0 Å². The van der Waals surface area contributed by atoms with Gasteiger partial charge in [0.25, 0.3) is 5.91 Å². The van der Waals surface area contributed by atoms with Gasteiger partial charge in [-0.05, 0) is 69.4 Å². The van der Waals surface area contributed by atoms with Crippen molar-refractivity contribution in [1.29, 1.82) is 0 Å². The van der Waals surface area contributed by atoms with Crippen LogP contribution in [0, 0.1) is 18.6 Å². The number of fused-ring (bicyclic) bond motifs is 1. The first-order valence-electron chi connectivity index (χ1n) is 10.1. The summed E-state index contributed by atoms with van der Waals surface area (Å²) in [5.41, 5.74) is 2.68. The lowest BCUT2D eigenvalue weighted by Crippen LogP contribution is -2.25. The van der Waals surface area contributed by atoms with Gasteiger partial charge in [0, 0.05) is 30.4 Å². The maximum Gasteiger partial charge on any atom is 0.272 e. The van der Waals surface area contributed by atoms with Crippen LogP contribution in [0.25, 0.3) is 10.9 Å². The Balaban J connectivity index is 1.74. The number of rotatable bonds is 8. The van der Waals surface area contributed by atoms with Gasteiger partial charge in [-0.15, -0.1) is 0 Å². The van der Waals surface area contributed by atoms with E-state index in [0.717, 1.165) is 31.6 Å². The fraction of sp³-hybridized carbons (Fsp3) is 0.348. The molecule has 0 fully saturated rings. The molecule has 0 aliphatic carbocycles. The topological polar surface area (TPSA) is 51.4 Å². The van der Waals surface area contributed by atoms with E-state index in [2.05, 4.69) is 29.2 Å². The minimum absolute atomic E-state index is 0.222. The Bertz CT molecular complexity index is 1010. The summed E-state index contributed by atoms with van der Waals surface area (Å²) in [6.45, 7) is 6.65. The zero-order valence-electron chi connectivity index (χ0n) is 17.9. The number of amides is 1. The molecule has 0 saturated heterocycles. The summed E-state index contributed by atoms with van der Waals surface area (Å²) in [6.07, 6.45) is 0.943. The van der Waals surface area contributed by atoms with E-state index in [1.807, 2.05) is 18.9 Å². The summed E-state index contributed by atoms with van der Waals surface area (Å²) in [7, 11) is 3.96. The Morgan fingerprint density at radius 1 is 1.10 bits per heavy atom. The molecular weight excluding hydrogens is 386 g/mol. The van der Waals surface area contributed by atoms with Gasteiger partial charge in [-0.25, -0.2) is 8.78 Å². The highest BCUT2D eigenvalue weighted by Crippen LogP contribution is 2.25. The van der Waals surface area contributed by atoms with Crippen molar-refractivity contribution in [3.05, 3.63) is 59.3 Å². The Kier molecular flexibility index (Phi) is 6.72. The van der Waals surface area contributed by atoms with Gasteiger partial charge >= 0.3 is 0 Å². The van der Waals surface area contributed by atoms with Crippen molar-refractivity contribution >= 4 is 28.2 Å². The van der Waals surface area contributed by atoms with Crippen LogP contribution in [0.15, 0.2) is 36.4 Å². The molecule has 0 radical (unpaired) electrons. The third kappa shape index (κ3) is 4.97. The van der Waals surface area contributed by atoms with Crippen molar-refractivity contribution in [1.82, 2.24) is 9.88 Å². The van der Waals surface area contributed by atoms with E-state index in [4.69, 9.17) is 0 Å². The lowest BCUT2D eigenvalue weighted by atomic mass is 10.1. The summed E-state index contributed by atoms with van der Waals surface area (Å²) in [6, 6.07) is 8.96. The molecule has 2 aromatic carbocycles. The number of nitrogens with zero attached hydrogens (tertiary/aromatic N) is 2. The fourth-order valence-electron chi connectivity index (χ4n) is 3.38. The first-order chi connectivity index (χ1) is 14.3. The number of carbonyl (C=O) groups excluding carboxylic acids is 1. The number of aromatic nitrogens is 1. The Labute approximate surface area is 175 Å². The molecule has 0 bridgehead atoms. The van der Waals surface area contributed by atoms with Crippen molar-refractivity contribution in [2.45, 2.75) is 20.3 Å². The van der Waals surface area contributed by atoms with Crippen molar-refractivity contribution in [3.8, 4) is 0 Å². The van der Waals surface area contributed by atoms with E-state index >= 15 is 0 Å². The number of aromatic amines is 1. The molecule has 30 heavy (non-hydrogen) atoms. The quantitative estimate of drug-likeness (QED) is 0.558. The molecule has 0 aliphatic rings. The normalized spacial score (nSPS) is 11.3. The van der Waals surface area contributed by atoms with Gasteiger partial charge in [0.15, 0.2) is 0 Å². The number of hydrogen-bond donors (Lipinski definition) is 2. The number of hydrogen-bond acceptors (Lipinski definition) is 3. The molecule has 1 aromatic heterocycles. The van der Waals surface area contributed by atoms with Gasteiger partial charge in [0.2, 0.25) is 0 Å². The standard InChI is InChI=1S/C23H28F2N4O/c1-5-28(3)9-6-10-29(4)18-12-16(24)11-17(13-18)26-23(30)21-14-19-20(25)8-7-15(2)22(19)27-21/h7-8,11-14,27H,5-6,9-10H2,1-4H3,(H,26,30). The van der Waals surface area contributed by atoms with E-state index in [9.17, 15) is 13.6 Å². The predicted octanol–water partition coefficient (Wildman–Crippen LogP) is 4.78. The Morgan fingerprint density at radius 3 is 2.57 bits per heavy atom. The molecule has 3 aromatic rings. The molecular formula is C23H28F2N4O. The third-order valence-electron chi connectivity index (χ3n) is 5.35. The fourth-order valence-corrected chi connectivity index (χ4v) is 3.38. The van der Waals surface area contributed by atoms with Crippen LogP contribution in [-0.4, -0.2) is 49.5 Å². The zero-order chi connectivity index (χ0) is 21.8. The molecule has 3 rings (SSSR count). The molecule has 0 aliphatic heterocycles. The second-order valence-corrected chi connectivity index (χ2v) is 7.66. The van der Waals surface area contributed by atoms with Gasteiger partial charge in [-0.2, -0.15) is 0 Å². The number of aryl methyl sites for hydroxylation is 1. The minimum atomic E-state index is -0.450. The molecule has 160 valence electrons. The van der Waals surface area contributed by atoms with E-state index in [1.165, 1.54) is 24.3 Å². The SMILES string of the molecule is CCN(C)CCCN(C)c1cc(F)cc(NC(=O)c2cc3c(F)ccc(C)c3[nH]2)c1. The van der Waals surface area contributed by atoms with Crippen LogP contribution in [0.1, 0.15) is 29.4 Å². The van der Waals surface area contributed by atoms with E-state index in [1.54, 1.807) is 12.1 Å². The summed E-state index contributed by atoms with van der Waals surface area (Å²) >= 11 is 0. The molecule has 0 unspecified atom stereocenters. The van der Waals surface area contributed by atoms with Crippen molar-refractivity contribution in [3.63, 3.8) is 0 Å². The van der Waals surface area contributed by atoms with Crippen LogP contribution in [0.3, 0.4) is 0 Å². The van der Waals surface area contributed by atoms with Crippen molar-refractivity contribution < 1.29 is 13.6 Å². The molecule has 0 spiro atoms. The molecule has 0 atom stereocenters. The van der Waals surface area contributed by atoms with Gasteiger partial charge in [-0.3, -0.25) is 4.79 Å². The first-order valence-corrected chi connectivity index (χ1v) is 10.1. The summed E-state index contributed by atoms with van der Waals surface area (Å²) < 4.78 is 28.2. The van der Waals surface area contributed by atoms with Crippen molar-refractivity contribution in [2.75, 3.05) is 43.9 Å². The maximum atomic E-state index is 14.2. The van der Waals surface area contributed by atoms with E-state index < -0.39 is 17.5 Å².